The highest BCUT2D eigenvalue weighted by molar-refractivity contribution is 6.33. The number of nitrogens with one attached hydrogen (secondary N) is 1. The van der Waals surface area contributed by atoms with E-state index in [-0.39, 0.29) is 12.2 Å². The highest BCUT2D eigenvalue weighted by Gasteiger charge is 2.14. The molecular formula is C15H14ClF2NO2. The van der Waals surface area contributed by atoms with Crippen LogP contribution < -0.4 is 14.8 Å². The van der Waals surface area contributed by atoms with Crippen molar-refractivity contribution in [1.82, 2.24) is 0 Å². The van der Waals surface area contributed by atoms with Crippen LogP contribution >= 0.6 is 11.6 Å². The van der Waals surface area contributed by atoms with E-state index in [1.54, 1.807) is 12.1 Å². The van der Waals surface area contributed by atoms with Crippen molar-refractivity contribution in [3.8, 4) is 11.5 Å². The van der Waals surface area contributed by atoms with Gasteiger partial charge in [-0.25, -0.2) is 8.78 Å². The smallest absolute Gasteiger partial charge is 0.181 e. The lowest BCUT2D eigenvalue weighted by Gasteiger charge is -2.14. The van der Waals surface area contributed by atoms with Crippen LogP contribution in [0.1, 0.15) is 5.56 Å². The predicted molar refractivity (Wildman–Crippen MR) is 78.2 cm³/mol. The molecule has 2 aromatic rings. The van der Waals surface area contributed by atoms with Crippen LogP contribution in [0.4, 0.5) is 14.5 Å². The van der Waals surface area contributed by atoms with Crippen molar-refractivity contribution < 1.29 is 18.3 Å². The minimum Gasteiger partial charge on any atom is -0.493 e. The van der Waals surface area contributed by atoms with Gasteiger partial charge in [-0.3, -0.25) is 0 Å². The van der Waals surface area contributed by atoms with Crippen LogP contribution in [0.25, 0.3) is 0 Å². The zero-order chi connectivity index (χ0) is 15.4. The molecule has 0 aliphatic carbocycles. The fourth-order valence-electron chi connectivity index (χ4n) is 1.90. The molecule has 0 amide bonds. The summed E-state index contributed by atoms with van der Waals surface area (Å²) >= 11 is 6.22. The number of anilines is 1. The molecule has 0 aliphatic rings. The van der Waals surface area contributed by atoms with E-state index in [1.165, 1.54) is 26.4 Å². The first-order valence-electron chi connectivity index (χ1n) is 6.15. The summed E-state index contributed by atoms with van der Waals surface area (Å²) in [6, 6.07) is 7.37. The molecule has 112 valence electrons. The van der Waals surface area contributed by atoms with Gasteiger partial charge in [-0.15, -0.1) is 0 Å². The first-order chi connectivity index (χ1) is 10.1. The van der Waals surface area contributed by atoms with E-state index < -0.39 is 11.6 Å². The number of methoxy groups -OCH3 is 2. The fraction of sp³-hybridized carbons (Fsp3) is 0.200. The molecule has 0 saturated carbocycles. The largest absolute Gasteiger partial charge is 0.493 e. The van der Waals surface area contributed by atoms with Gasteiger partial charge >= 0.3 is 0 Å². The molecule has 0 heterocycles. The van der Waals surface area contributed by atoms with E-state index in [1.807, 2.05) is 0 Å². The topological polar surface area (TPSA) is 30.5 Å². The summed E-state index contributed by atoms with van der Waals surface area (Å²) in [6.45, 7) is 0.222. The Labute approximate surface area is 126 Å². The number of benzene rings is 2. The van der Waals surface area contributed by atoms with Crippen LogP contribution in [0.15, 0.2) is 30.3 Å². The maximum atomic E-state index is 13.6. The van der Waals surface area contributed by atoms with Gasteiger partial charge in [-0.1, -0.05) is 23.7 Å². The molecule has 0 unspecified atom stereocenters. The summed E-state index contributed by atoms with van der Waals surface area (Å²) in [5.41, 5.74) is 0.749. The highest BCUT2D eigenvalue weighted by Crippen LogP contribution is 2.37. The van der Waals surface area contributed by atoms with E-state index in [2.05, 4.69) is 5.32 Å². The monoisotopic (exact) mass is 313 g/mol. The highest BCUT2D eigenvalue weighted by atomic mass is 35.5. The zero-order valence-corrected chi connectivity index (χ0v) is 12.3. The molecule has 0 atom stereocenters. The van der Waals surface area contributed by atoms with Crippen molar-refractivity contribution in [3.63, 3.8) is 0 Å². The molecule has 2 aromatic carbocycles. The van der Waals surface area contributed by atoms with Crippen molar-refractivity contribution in [3.05, 3.63) is 52.6 Å². The van der Waals surface area contributed by atoms with Crippen molar-refractivity contribution in [2.24, 2.45) is 0 Å². The average molecular weight is 314 g/mol. The molecule has 6 heteroatoms. The predicted octanol–water partition coefficient (Wildman–Crippen LogP) is 4.25. The van der Waals surface area contributed by atoms with Crippen LogP contribution in [0.2, 0.25) is 5.02 Å². The Hall–Kier alpha value is -2.01. The second-order valence-corrected chi connectivity index (χ2v) is 4.61. The van der Waals surface area contributed by atoms with E-state index in [4.69, 9.17) is 21.1 Å². The minimum absolute atomic E-state index is 0.0702. The molecule has 0 bridgehead atoms. The summed E-state index contributed by atoms with van der Waals surface area (Å²) in [5, 5.41) is 3.17. The zero-order valence-electron chi connectivity index (χ0n) is 11.5. The lowest BCUT2D eigenvalue weighted by atomic mass is 10.2. The minimum atomic E-state index is -0.922. The van der Waals surface area contributed by atoms with E-state index >= 15 is 0 Å². The molecule has 2 rings (SSSR count). The summed E-state index contributed by atoms with van der Waals surface area (Å²) in [5.74, 6) is -0.922. The van der Waals surface area contributed by atoms with Crippen LogP contribution in [0.5, 0.6) is 11.5 Å². The van der Waals surface area contributed by atoms with E-state index in [0.29, 0.717) is 22.1 Å². The second kappa shape index (κ2) is 6.63. The van der Waals surface area contributed by atoms with Gasteiger partial charge in [0.05, 0.1) is 24.9 Å². The second-order valence-electron chi connectivity index (χ2n) is 4.23. The van der Waals surface area contributed by atoms with E-state index in [0.717, 1.165) is 6.07 Å². The third-order valence-electron chi connectivity index (χ3n) is 2.99. The quantitative estimate of drug-likeness (QED) is 0.895. The van der Waals surface area contributed by atoms with Crippen molar-refractivity contribution in [1.29, 1.82) is 0 Å². The summed E-state index contributed by atoms with van der Waals surface area (Å²) in [6.07, 6.45) is 0. The number of halogens is 3. The standard InChI is InChI=1S/C15H14ClF2NO2/c1-20-12-7-6-9(13(16)15(12)21-2)8-19-11-5-3-4-10(17)14(11)18/h3-7,19H,8H2,1-2H3. The Bertz CT molecular complexity index is 650. The molecule has 1 N–H and O–H groups in total. The maximum absolute atomic E-state index is 13.6. The van der Waals surface area contributed by atoms with Gasteiger partial charge in [0.1, 0.15) is 0 Å². The summed E-state index contributed by atoms with van der Waals surface area (Å²) < 4.78 is 37.0. The van der Waals surface area contributed by atoms with E-state index in [9.17, 15) is 8.78 Å². The van der Waals surface area contributed by atoms with Crippen LogP contribution in [-0.4, -0.2) is 14.2 Å². The van der Waals surface area contributed by atoms with Crippen LogP contribution in [-0.2, 0) is 6.54 Å². The molecule has 0 aromatic heterocycles. The first-order valence-corrected chi connectivity index (χ1v) is 6.53. The Kier molecular flexibility index (Phi) is 4.85. The molecular weight excluding hydrogens is 300 g/mol. The number of hydrogen-bond acceptors (Lipinski definition) is 3. The number of rotatable bonds is 5. The Morgan fingerprint density at radius 3 is 2.52 bits per heavy atom. The van der Waals surface area contributed by atoms with Crippen molar-refractivity contribution in [2.75, 3.05) is 19.5 Å². The van der Waals surface area contributed by atoms with Gasteiger partial charge in [0, 0.05) is 6.54 Å². The first kappa shape index (κ1) is 15.4. The molecule has 0 aliphatic heterocycles. The summed E-state index contributed by atoms with van der Waals surface area (Å²) in [7, 11) is 2.99. The van der Waals surface area contributed by atoms with Gasteiger partial charge in [-0.05, 0) is 23.8 Å². The lowest BCUT2D eigenvalue weighted by Crippen LogP contribution is -2.04. The van der Waals surface area contributed by atoms with Gasteiger partial charge in [-0.2, -0.15) is 0 Å². The average Bonchev–Trinajstić information content (AvgIpc) is 2.49. The van der Waals surface area contributed by atoms with Gasteiger partial charge in [0.25, 0.3) is 0 Å². The van der Waals surface area contributed by atoms with Gasteiger partial charge < -0.3 is 14.8 Å². The fourth-order valence-corrected chi connectivity index (χ4v) is 2.20. The Morgan fingerprint density at radius 1 is 1.10 bits per heavy atom. The maximum Gasteiger partial charge on any atom is 0.181 e. The molecule has 0 saturated heterocycles. The molecule has 21 heavy (non-hydrogen) atoms. The lowest BCUT2D eigenvalue weighted by molar-refractivity contribution is 0.355. The van der Waals surface area contributed by atoms with Gasteiger partial charge in [0.15, 0.2) is 23.1 Å². The number of hydrogen-bond donors (Lipinski definition) is 1. The Balaban J connectivity index is 2.22. The molecule has 0 fully saturated rings. The third-order valence-corrected chi connectivity index (χ3v) is 3.40. The third kappa shape index (κ3) is 3.19. The van der Waals surface area contributed by atoms with Gasteiger partial charge in [0.2, 0.25) is 0 Å². The van der Waals surface area contributed by atoms with Crippen molar-refractivity contribution in [2.45, 2.75) is 6.54 Å². The molecule has 0 spiro atoms. The number of ether oxygens (including phenoxy) is 2. The molecule has 3 nitrogen and oxygen atoms in total. The van der Waals surface area contributed by atoms with Crippen molar-refractivity contribution >= 4 is 17.3 Å². The van der Waals surface area contributed by atoms with Crippen LogP contribution in [0, 0.1) is 11.6 Å². The van der Waals surface area contributed by atoms with Crippen LogP contribution in [0.3, 0.4) is 0 Å². The summed E-state index contributed by atoms with van der Waals surface area (Å²) in [4.78, 5) is 0. The SMILES string of the molecule is COc1ccc(CNc2cccc(F)c2F)c(Cl)c1OC. The Morgan fingerprint density at radius 2 is 1.86 bits per heavy atom. The molecule has 0 radical (unpaired) electrons. The normalized spacial score (nSPS) is 10.3.